The van der Waals surface area contributed by atoms with Gasteiger partial charge in [0.25, 0.3) is 11.8 Å². The second-order valence-corrected chi connectivity index (χ2v) is 12.0. The first-order valence-corrected chi connectivity index (χ1v) is 15.4. The zero-order valence-electron chi connectivity index (χ0n) is 23.6. The van der Waals surface area contributed by atoms with Gasteiger partial charge in [0.05, 0.1) is 17.5 Å². The standard InChI is InChI=1S/C31H31ClFN3O7S/c32-21-5-3-4-18(8-21)29(38)34-23-13-24-15-43-25-10-19(9-22(33)12-25)20-11-27(44-17-20)30(39)35-26(31(40)41)16-42-7-2-1-6-28(37)36(24)14-23/h3-5,8-12,17,23-24,26H,1-2,6-7,13-16H2,(H,34,38)(H,35,39)(H,40,41)/t23-,24-,26-/m0/s1. The van der Waals surface area contributed by atoms with Gasteiger partial charge in [0.15, 0.2) is 6.04 Å². The lowest BCUT2D eigenvalue weighted by Crippen LogP contribution is -2.43. The topological polar surface area (TPSA) is 134 Å². The van der Waals surface area contributed by atoms with Gasteiger partial charge in [-0.25, -0.2) is 9.18 Å². The van der Waals surface area contributed by atoms with Crippen LogP contribution in [0.1, 0.15) is 45.7 Å². The molecule has 0 saturated carbocycles. The van der Waals surface area contributed by atoms with Crippen LogP contribution >= 0.6 is 22.9 Å². The maximum Gasteiger partial charge on any atom is 0.328 e. The van der Waals surface area contributed by atoms with Crippen LogP contribution in [0.5, 0.6) is 5.75 Å². The summed E-state index contributed by atoms with van der Waals surface area (Å²) in [5.74, 6) is -2.56. The quantitative estimate of drug-likeness (QED) is 0.386. The highest BCUT2D eigenvalue weighted by Crippen LogP contribution is 2.30. The number of aliphatic carboxylic acids is 1. The summed E-state index contributed by atoms with van der Waals surface area (Å²) in [6.45, 7) is 0.331. The number of carbonyl (C=O) groups excluding carboxylic acids is 3. The highest BCUT2D eigenvalue weighted by atomic mass is 35.5. The number of rotatable bonds is 3. The third-order valence-electron chi connectivity index (χ3n) is 7.44. The highest BCUT2D eigenvalue weighted by molar-refractivity contribution is 7.12. The molecule has 3 aromatic rings. The van der Waals surface area contributed by atoms with Gasteiger partial charge in [-0.05, 0) is 72.2 Å². The average molecular weight is 644 g/mol. The molecule has 44 heavy (non-hydrogen) atoms. The summed E-state index contributed by atoms with van der Waals surface area (Å²) in [5.41, 5.74) is 1.43. The van der Waals surface area contributed by atoms with E-state index < -0.39 is 23.7 Å². The van der Waals surface area contributed by atoms with Crippen LogP contribution in [0.3, 0.4) is 0 Å². The fourth-order valence-corrected chi connectivity index (χ4v) is 6.23. The maximum atomic E-state index is 14.7. The number of carbonyl (C=O) groups is 4. The number of fused-ring (bicyclic) bond motifs is 6. The third-order valence-corrected chi connectivity index (χ3v) is 8.61. The third kappa shape index (κ3) is 7.93. The molecule has 3 amide bonds. The normalized spacial score (nSPS) is 21.5. The van der Waals surface area contributed by atoms with E-state index in [-0.39, 0.29) is 67.3 Å². The van der Waals surface area contributed by atoms with Gasteiger partial charge in [-0.15, -0.1) is 11.3 Å². The predicted molar refractivity (Wildman–Crippen MR) is 162 cm³/mol. The Morgan fingerprint density at radius 3 is 2.73 bits per heavy atom. The molecule has 0 radical (unpaired) electrons. The van der Waals surface area contributed by atoms with Gasteiger partial charge < -0.3 is 30.1 Å². The minimum atomic E-state index is -1.26. The number of thiophene rings is 1. The van der Waals surface area contributed by atoms with Crippen molar-refractivity contribution in [2.75, 3.05) is 26.4 Å². The molecule has 13 heteroatoms. The van der Waals surface area contributed by atoms with E-state index in [1.165, 1.54) is 12.1 Å². The maximum absolute atomic E-state index is 14.7. The van der Waals surface area contributed by atoms with Crippen LogP contribution in [-0.4, -0.2) is 78.2 Å². The van der Waals surface area contributed by atoms with Gasteiger partial charge in [0.1, 0.15) is 18.2 Å². The molecule has 2 aliphatic heterocycles. The molecule has 3 N–H and O–H groups in total. The van der Waals surface area contributed by atoms with Gasteiger partial charge in [-0.3, -0.25) is 14.4 Å². The highest BCUT2D eigenvalue weighted by Gasteiger charge is 2.36. The second kappa shape index (κ2) is 14.2. The van der Waals surface area contributed by atoms with Crippen LogP contribution in [0.15, 0.2) is 53.9 Å². The van der Waals surface area contributed by atoms with Crippen LogP contribution in [0.2, 0.25) is 5.02 Å². The first kappa shape index (κ1) is 31.4. The number of ether oxygens (including phenoxy) is 2. The number of benzene rings is 2. The van der Waals surface area contributed by atoms with Crippen molar-refractivity contribution < 1.29 is 38.1 Å². The summed E-state index contributed by atoms with van der Waals surface area (Å²) in [6.07, 6.45) is 1.62. The van der Waals surface area contributed by atoms with Crippen molar-refractivity contribution in [2.24, 2.45) is 0 Å². The molecular weight excluding hydrogens is 613 g/mol. The fourth-order valence-electron chi connectivity index (χ4n) is 5.22. The molecule has 4 bridgehead atoms. The molecule has 0 spiro atoms. The molecular formula is C31H31ClFN3O7S. The number of nitrogens with zero attached hydrogens (tertiary/aromatic N) is 1. The molecule has 232 valence electrons. The average Bonchev–Trinajstić information content (AvgIpc) is 3.64. The van der Waals surface area contributed by atoms with E-state index in [1.807, 2.05) is 0 Å². The Morgan fingerprint density at radius 1 is 1.09 bits per heavy atom. The first-order valence-electron chi connectivity index (χ1n) is 14.2. The Kier molecular flexibility index (Phi) is 10.1. The number of carboxylic acid groups (broad SMARTS) is 1. The Labute approximate surface area is 262 Å². The van der Waals surface area contributed by atoms with Crippen LogP contribution in [0.4, 0.5) is 4.39 Å². The minimum absolute atomic E-state index is 0.0785. The van der Waals surface area contributed by atoms with Crippen molar-refractivity contribution in [3.8, 4) is 16.9 Å². The van der Waals surface area contributed by atoms with Crippen LogP contribution < -0.4 is 15.4 Å². The largest absolute Gasteiger partial charge is 0.491 e. The summed E-state index contributed by atoms with van der Waals surface area (Å²) in [7, 11) is 0. The number of hydrogen-bond donors (Lipinski definition) is 3. The van der Waals surface area contributed by atoms with Crippen molar-refractivity contribution in [3.05, 3.63) is 75.2 Å². The molecule has 0 aliphatic carbocycles. The number of carboxylic acids is 1. The molecule has 1 aromatic heterocycles. The smallest absolute Gasteiger partial charge is 0.328 e. The summed E-state index contributed by atoms with van der Waals surface area (Å²) in [6, 6.07) is 10.4. The van der Waals surface area contributed by atoms with Crippen LogP contribution in [0.25, 0.3) is 11.1 Å². The van der Waals surface area contributed by atoms with Gasteiger partial charge in [0, 0.05) is 42.3 Å². The minimum Gasteiger partial charge on any atom is -0.491 e. The summed E-state index contributed by atoms with van der Waals surface area (Å²) in [5, 5.41) is 17.1. The van der Waals surface area contributed by atoms with Crippen LogP contribution in [-0.2, 0) is 14.3 Å². The summed E-state index contributed by atoms with van der Waals surface area (Å²) in [4.78, 5) is 52.6. The van der Waals surface area contributed by atoms with E-state index in [0.717, 1.165) is 11.3 Å². The zero-order chi connectivity index (χ0) is 31.2. The zero-order valence-corrected chi connectivity index (χ0v) is 25.2. The van der Waals surface area contributed by atoms with E-state index in [9.17, 15) is 28.7 Å². The molecule has 2 aliphatic rings. The Morgan fingerprint density at radius 2 is 1.93 bits per heavy atom. The number of hydrogen-bond acceptors (Lipinski definition) is 7. The van der Waals surface area contributed by atoms with Crippen molar-refractivity contribution in [1.29, 1.82) is 0 Å². The number of nitrogens with one attached hydrogen (secondary N) is 2. The second-order valence-electron chi connectivity index (χ2n) is 10.7. The Balaban J connectivity index is 1.36. The lowest BCUT2D eigenvalue weighted by molar-refractivity contribution is -0.140. The van der Waals surface area contributed by atoms with E-state index >= 15 is 0 Å². The molecule has 0 unspecified atom stereocenters. The Bertz CT molecular complexity index is 1550. The first-order chi connectivity index (χ1) is 21.2. The predicted octanol–water partition coefficient (Wildman–Crippen LogP) is 4.37. The molecule has 10 nitrogen and oxygen atoms in total. The van der Waals surface area contributed by atoms with E-state index in [2.05, 4.69) is 10.6 Å². The fraction of sp³-hybridized carbons (Fsp3) is 0.355. The van der Waals surface area contributed by atoms with E-state index in [1.54, 1.807) is 46.7 Å². The van der Waals surface area contributed by atoms with Crippen molar-refractivity contribution in [2.45, 2.75) is 43.8 Å². The molecule has 2 aromatic carbocycles. The SMILES string of the molecule is O=C(N[C@H]1C[C@H]2COc3cc(F)cc(c3)-c3csc(c3)C(=O)N[C@H](C(=O)O)COCCCCC(=O)N2C1)c1cccc(Cl)c1. The molecule has 3 heterocycles. The van der Waals surface area contributed by atoms with Gasteiger partial charge in [0.2, 0.25) is 5.91 Å². The van der Waals surface area contributed by atoms with E-state index in [4.69, 9.17) is 21.1 Å². The summed E-state index contributed by atoms with van der Waals surface area (Å²) >= 11 is 7.15. The monoisotopic (exact) mass is 643 g/mol. The van der Waals surface area contributed by atoms with Gasteiger partial charge in [-0.1, -0.05) is 17.7 Å². The van der Waals surface area contributed by atoms with Crippen molar-refractivity contribution in [3.63, 3.8) is 0 Å². The lowest BCUT2D eigenvalue weighted by Gasteiger charge is -2.25. The summed E-state index contributed by atoms with van der Waals surface area (Å²) < 4.78 is 26.2. The Hall–Kier alpha value is -4.00. The van der Waals surface area contributed by atoms with Crippen molar-refractivity contribution in [1.82, 2.24) is 15.5 Å². The number of amides is 3. The van der Waals surface area contributed by atoms with E-state index in [0.29, 0.717) is 41.0 Å². The van der Waals surface area contributed by atoms with Gasteiger partial charge in [-0.2, -0.15) is 0 Å². The molecule has 3 atom stereocenters. The molecule has 1 fully saturated rings. The van der Waals surface area contributed by atoms with Gasteiger partial charge >= 0.3 is 5.97 Å². The molecule has 1 saturated heterocycles. The molecule has 5 rings (SSSR count). The van der Waals surface area contributed by atoms with Crippen molar-refractivity contribution >= 4 is 46.6 Å². The van der Waals surface area contributed by atoms with Crippen LogP contribution in [0, 0.1) is 5.82 Å². The lowest BCUT2D eigenvalue weighted by atomic mass is 10.1. The number of halogens is 2.